The van der Waals surface area contributed by atoms with E-state index in [1.165, 1.54) is 19.2 Å². The summed E-state index contributed by atoms with van der Waals surface area (Å²) in [5.41, 5.74) is 0.155. The molecule has 8 heteroatoms. The molecule has 124 valence electrons. The molecule has 0 saturated heterocycles. The second-order valence-corrected chi connectivity index (χ2v) is 4.63. The number of ether oxygens (including phenoxy) is 2. The van der Waals surface area contributed by atoms with Crippen molar-refractivity contribution in [2.45, 2.75) is 0 Å². The van der Waals surface area contributed by atoms with Crippen LogP contribution in [-0.4, -0.2) is 30.5 Å². The zero-order chi connectivity index (χ0) is 17.5. The molecule has 0 aliphatic rings. The summed E-state index contributed by atoms with van der Waals surface area (Å²) in [7, 11) is 1.32. The van der Waals surface area contributed by atoms with Gasteiger partial charge in [0.1, 0.15) is 11.3 Å². The number of nitro benzene ring substituents is 1. The van der Waals surface area contributed by atoms with E-state index in [0.29, 0.717) is 5.69 Å². The number of nitrogens with zero attached hydrogens (tertiary/aromatic N) is 1. The molecule has 1 N–H and O–H groups in total. The number of hydrogen-bond donors (Lipinski definition) is 1. The third kappa shape index (κ3) is 4.29. The molecule has 0 aliphatic carbocycles. The molecule has 2 aromatic carbocycles. The summed E-state index contributed by atoms with van der Waals surface area (Å²) in [5.74, 6) is -1.30. The summed E-state index contributed by atoms with van der Waals surface area (Å²) in [6.45, 7) is -0.528. The molecule has 0 aromatic heterocycles. The van der Waals surface area contributed by atoms with E-state index in [2.05, 4.69) is 5.32 Å². The van der Waals surface area contributed by atoms with Gasteiger partial charge in [0.2, 0.25) is 0 Å². The fourth-order valence-electron chi connectivity index (χ4n) is 1.90. The normalized spacial score (nSPS) is 9.88. The average Bonchev–Trinajstić information content (AvgIpc) is 2.59. The van der Waals surface area contributed by atoms with Gasteiger partial charge in [-0.25, -0.2) is 4.79 Å². The molecule has 2 aromatic rings. The van der Waals surface area contributed by atoms with Gasteiger partial charge in [0.05, 0.1) is 12.0 Å². The third-order valence-corrected chi connectivity index (χ3v) is 3.01. The van der Waals surface area contributed by atoms with Crippen molar-refractivity contribution in [2.24, 2.45) is 0 Å². The van der Waals surface area contributed by atoms with E-state index in [-0.39, 0.29) is 17.0 Å². The van der Waals surface area contributed by atoms with Crippen LogP contribution in [0.25, 0.3) is 0 Å². The van der Waals surface area contributed by atoms with Crippen molar-refractivity contribution < 1.29 is 24.0 Å². The van der Waals surface area contributed by atoms with E-state index in [4.69, 9.17) is 9.47 Å². The Morgan fingerprint density at radius 3 is 2.50 bits per heavy atom. The predicted molar refractivity (Wildman–Crippen MR) is 85.0 cm³/mol. The lowest BCUT2D eigenvalue weighted by Gasteiger charge is -2.09. The Morgan fingerprint density at radius 2 is 1.88 bits per heavy atom. The van der Waals surface area contributed by atoms with Crippen molar-refractivity contribution >= 4 is 23.3 Å². The summed E-state index contributed by atoms with van der Waals surface area (Å²) < 4.78 is 9.87. The van der Waals surface area contributed by atoms with Crippen molar-refractivity contribution in [1.82, 2.24) is 0 Å². The summed E-state index contributed by atoms with van der Waals surface area (Å²) in [6.07, 6.45) is 0. The van der Waals surface area contributed by atoms with E-state index in [9.17, 15) is 19.7 Å². The number of rotatable bonds is 6. The molecule has 0 atom stereocenters. The molecule has 0 aliphatic heterocycles. The summed E-state index contributed by atoms with van der Waals surface area (Å²) in [5, 5.41) is 13.3. The van der Waals surface area contributed by atoms with Gasteiger partial charge in [-0.05, 0) is 18.2 Å². The van der Waals surface area contributed by atoms with Crippen LogP contribution in [0.4, 0.5) is 11.4 Å². The maximum atomic E-state index is 12.1. The molecule has 2 rings (SSSR count). The van der Waals surface area contributed by atoms with Crippen molar-refractivity contribution in [3.63, 3.8) is 0 Å². The Morgan fingerprint density at radius 1 is 1.17 bits per heavy atom. The van der Waals surface area contributed by atoms with Crippen LogP contribution < -0.4 is 10.1 Å². The zero-order valence-corrected chi connectivity index (χ0v) is 12.7. The van der Waals surface area contributed by atoms with Gasteiger partial charge in [0.15, 0.2) is 6.61 Å². The van der Waals surface area contributed by atoms with Gasteiger partial charge in [-0.3, -0.25) is 14.9 Å². The number of esters is 1. The van der Waals surface area contributed by atoms with Gasteiger partial charge in [-0.2, -0.15) is 0 Å². The largest absolute Gasteiger partial charge is 0.496 e. The number of benzene rings is 2. The Bertz CT molecular complexity index is 760. The average molecular weight is 330 g/mol. The summed E-state index contributed by atoms with van der Waals surface area (Å²) in [6, 6.07) is 12.2. The summed E-state index contributed by atoms with van der Waals surface area (Å²) >= 11 is 0. The molecule has 1 amide bonds. The fraction of sp³-hybridized carbons (Fsp3) is 0.125. The van der Waals surface area contributed by atoms with Crippen LogP contribution in [0.5, 0.6) is 5.75 Å². The Kier molecular flexibility index (Phi) is 5.45. The lowest BCUT2D eigenvalue weighted by molar-refractivity contribution is -0.384. The van der Waals surface area contributed by atoms with Crippen molar-refractivity contribution in [2.75, 3.05) is 19.0 Å². The number of nitro groups is 1. The highest BCUT2D eigenvalue weighted by atomic mass is 16.6. The van der Waals surface area contributed by atoms with E-state index in [1.54, 1.807) is 30.3 Å². The highest BCUT2D eigenvalue weighted by molar-refractivity contribution is 5.97. The Labute approximate surface area is 137 Å². The number of anilines is 1. The highest BCUT2D eigenvalue weighted by Crippen LogP contribution is 2.24. The minimum atomic E-state index is -0.890. The maximum Gasteiger partial charge on any atom is 0.342 e. The standard InChI is InChI=1S/C16H14N2O6/c1-23-14-8-7-12(18(21)22)9-13(14)16(20)24-10-15(19)17-11-5-3-2-4-6-11/h2-9H,10H2,1H3,(H,17,19). The van der Waals surface area contributed by atoms with Gasteiger partial charge >= 0.3 is 5.97 Å². The Balaban J connectivity index is 2.03. The number of hydrogen-bond acceptors (Lipinski definition) is 6. The molecule has 8 nitrogen and oxygen atoms in total. The van der Waals surface area contributed by atoms with Crippen LogP contribution >= 0.6 is 0 Å². The fourth-order valence-corrected chi connectivity index (χ4v) is 1.90. The monoisotopic (exact) mass is 330 g/mol. The molecule has 0 radical (unpaired) electrons. The van der Waals surface area contributed by atoms with Crippen LogP contribution in [0.15, 0.2) is 48.5 Å². The number of carbonyl (C=O) groups excluding carboxylic acids is 2. The number of non-ortho nitro benzene ring substituents is 1. The molecule has 0 heterocycles. The number of amides is 1. The SMILES string of the molecule is COc1ccc([N+](=O)[O-])cc1C(=O)OCC(=O)Nc1ccccc1. The molecule has 0 fully saturated rings. The van der Waals surface area contributed by atoms with Gasteiger partial charge in [-0.1, -0.05) is 18.2 Å². The van der Waals surface area contributed by atoms with Crippen LogP contribution in [0, 0.1) is 10.1 Å². The topological polar surface area (TPSA) is 108 Å². The highest BCUT2D eigenvalue weighted by Gasteiger charge is 2.19. The number of carbonyl (C=O) groups is 2. The number of methoxy groups -OCH3 is 1. The van der Waals surface area contributed by atoms with Gasteiger partial charge in [0, 0.05) is 17.8 Å². The second kappa shape index (κ2) is 7.73. The predicted octanol–water partition coefficient (Wildman–Crippen LogP) is 2.40. The van der Waals surface area contributed by atoms with Crippen LogP contribution in [0.1, 0.15) is 10.4 Å². The second-order valence-electron chi connectivity index (χ2n) is 4.63. The molecule has 0 bridgehead atoms. The molecule has 24 heavy (non-hydrogen) atoms. The minimum Gasteiger partial charge on any atom is -0.496 e. The lowest BCUT2D eigenvalue weighted by Crippen LogP contribution is -2.21. The molecule has 0 saturated carbocycles. The quantitative estimate of drug-likeness (QED) is 0.495. The van der Waals surface area contributed by atoms with E-state index < -0.39 is 23.4 Å². The first kappa shape index (κ1) is 16.9. The van der Waals surface area contributed by atoms with Crippen molar-refractivity contribution in [3.05, 3.63) is 64.2 Å². The van der Waals surface area contributed by atoms with Gasteiger partial charge < -0.3 is 14.8 Å². The van der Waals surface area contributed by atoms with Crippen LogP contribution in [0.2, 0.25) is 0 Å². The van der Waals surface area contributed by atoms with E-state index >= 15 is 0 Å². The van der Waals surface area contributed by atoms with Crippen LogP contribution in [-0.2, 0) is 9.53 Å². The van der Waals surface area contributed by atoms with E-state index in [1.807, 2.05) is 0 Å². The number of para-hydroxylation sites is 1. The smallest absolute Gasteiger partial charge is 0.342 e. The molecular formula is C16H14N2O6. The maximum absolute atomic E-state index is 12.1. The Hall–Kier alpha value is -3.42. The first-order valence-corrected chi connectivity index (χ1v) is 6.85. The van der Waals surface area contributed by atoms with Crippen LogP contribution in [0.3, 0.4) is 0 Å². The van der Waals surface area contributed by atoms with Crippen molar-refractivity contribution in [1.29, 1.82) is 0 Å². The first-order chi connectivity index (χ1) is 11.5. The number of nitrogens with one attached hydrogen (secondary N) is 1. The van der Waals surface area contributed by atoms with E-state index in [0.717, 1.165) is 6.07 Å². The van der Waals surface area contributed by atoms with Crippen molar-refractivity contribution in [3.8, 4) is 5.75 Å². The molecule has 0 spiro atoms. The van der Waals surface area contributed by atoms with Gasteiger partial charge in [-0.15, -0.1) is 0 Å². The zero-order valence-electron chi connectivity index (χ0n) is 12.7. The first-order valence-electron chi connectivity index (χ1n) is 6.85. The van der Waals surface area contributed by atoms with Gasteiger partial charge in [0.25, 0.3) is 11.6 Å². The molecular weight excluding hydrogens is 316 g/mol. The molecule has 0 unspecified atom stereocenters. The summed E-state index contributed by atoms with van der Waals surface area (Å²) in [4.78, 5) is 34.0. The lowest BCUT2D eigenvalue weighted by atomic mass is 10.2. The minimum absolute atomic E-state index is 0.120. The third-order valence-electron chi connectivity index (χ3n) is 3.01.